The van der Waals surface area contributed by atoms with Gasteiger partial charge in [0.2, 0.25) is 11.9 Å². The van der Waals surface area contributed by atoms with Gasteiger partial charge in [-0.2, -0.15) is 5.10 Å². The summed E-state index contributed by atoms with van der Waals surface area (Å²) in [7, 11) is 0. The molecule has 2 fully saturated rings. The van der Waals surface area contributed by atoms with Gasteiger partial charge in [0.05, 0.1) is 11.3 Å². The number of hydrogen-bond acceptors (Lipinski definition) is 7. The Labute approximate surface area is 225 Å². The number of hydrogen-bond donors (Lipinski definition) is 1. The SMILES string of the molecule is Cc1cc(C)n(CC(=O)N2CCN(c3ccccc3-c3cnc(N4CCC(C(C)(C)O)CC4)nc3)CC2)n1. The standard InChI is InChI=1S/C29H39N7O2/c1-21-17-22(2)36(32-21)20-27(37)34-15-13-33(14-16-34)26-8-6-5-7-25(26)23-18-30-28(31-19-23)35-11-9-24(10-12-35)29(3,4)38/h5-8,17-19,24,38H,9-16,20H2,1-4H3. The van der Waals surface area contributed by atoms with Crippen LogP contribution in [-0.2, 0) is 11.3 Å². The Bertz CT molecular complexity index is 1250. The van der Waals surface area contributed by atoms with Crippen molar-refractivity contribution in [1.82, 2.24) is 24.6 Å². The summed E-state index contributed by atoms with van der Waals surface area (Å²) >= 11 is 0. The van der Waals surface area contributed by atoms with Crippen LogP contribution in [0.25, 0.3) is 11.1 Å². The molecule has 38 heavy (non-hydrogen) atoms. The zero-order chi connectivity index (χ0) is 26.9. The molecule has 3 aromatic rings. The van der Waals surface area contributed by atoms with Crippen LogP contribution in [0.4, 0.5) is 11.6 Å². The molecule has 9 heteroatoms. The van der Waals surface area contributed by atoms with Gasteiger partial charge in [0.1, 0.15) is 6.54 Å². The van der Waals surface area contributed by atoms with Gasteiger partial charge in [-0.3, -0.25) is 9.48 Å². The zero-order valence-electron chi connectivity index (χ0n) is 23.0. The van der Waals surface area contributed by atoms with Crippen LogP contribution in [0.2, 0.25) is 0 Å². The molecule has 4 heterocycles. The van der Waals surface area contributed by atoms with Crippen molar-refractivity contribution in [2.75, 3.05) is 49.1 Å². The van der Waals surface area contributed by atoms with Gasteiger partial charge in [-0.25, -0.2) is 9.97 Å². The minimum Gasteiger partial charge on any atom is -0.390 e. The fraction of sp³-hybridized carbons (Fsp3) is 0.517. The van der Waals surface area contributed by atoms with Crippen molar-refractivity contribution in [1.29, 1.82) is 0 Å². The third kappa shape index (κ3) is 5.67. The van der Waals surface area contributed by atoms with Crippen LogP contribution in [0.3, 0.4) is 0 Å². The molecule has 2 saturated heterocycles. The first-order valence-electron chi connectivity index (χ1n) is 13.6. The second-order valence-electron chi connectivity index (χ2n) is 11.2. The molecule has 2 aliphatic rings. The molecule has 2 aromatic heterocycles. The van der Waals surface area contributed by atoms with Gasteiger partial charge in [-0.15, -0.1) is 0 Å². The van der Waals surface area contributed by atoms with Gasteiger partial charge in [-0.05, 0) is 58.6 Å². The highest BCUT2D eigenvalue weighted by atomic mass is 16.3. The second kappa shape index (κ2) is 10.7. The summed E-state index contributed by atoms with van der Waals surface area (Å²) in [5.74, 6) is 1.16. The number of para-hydroxylation sites is 1. The monoisotopic (exact) mass is 517 g/mol. The highest BCUT2D eigenvalue weighted by Gasteiger charge is 2.31. The molecule has 0 saturated carbocycles. The lowest BCUT2D eigenvalue weighted by molar-refractivity contribution is -0.132. The van der Waals surface area contributed by atoms with E-state index in [-0.39, 0.29) is 12.5 Å². The van der Waals surface area contributed by atoms with E-state index in [4.69, 9.17) is 9.97 Å². The predicted molar refractivity (Wildman–Crippen MR) is 149 cm³/mol. The molecule has 1 N–H and O–H groups in total. The van der Waals surface area contributed by atoms with E-state index in [1.807, 2.05) is 57.1 Å². The van der Waals surface area contributed by atoms with Crippen molar-refractivity contribution in [2.24, 2.45) is 5.92 Å². The summed E-state index contributed by atoms with van der Waals surface area (Å²) in [5, 5.41) is 14.8. The molecule has 9 nitrogen and oxygen atoms in total. The van der Waals surface area contributed by atoms with E-state index in [1.165, 1.54) is 0 Å². The number of aromatic nitrogens is 4. The van der Waals surface area contributed by atoms with Gasteiger partial charge in [-0.1, -0.05) is 18.2 Å². The molecule has 1 amide bonds. The van der Waals surface area contributed by atoms with Crippen molar-refractivity contribution < 1.29 is 9.90 Å². The summed E-state index contributed by atoms with van der Waals surface area (Å²) in [5.41, 5.74) is 4.53. The molecule has 1 aromatic carbocycles. The number of anilines is 2. The number of piperazine rings is 1. The molecular weight excluding hydrogens is 478 g/mol. The quantitative estimate of drug-likeness (QED) is 0.537. The van der Waals surface area contributed by atoms with Crippen LogP contribution < -0.4 is 9.80 Å². The van der Waals surface area contributed by atoms with E-state index in [2.05, 4.69) is 33.1 Å². The minimum absolute atomic E-state index is 0.111. The van der Waals surface area contributed by atoms with Crippen LogP contribution in [-0.4, -0.2) is 80.5 Å². The van der Waals surface area contributed by atoms with E-state index >= 15 is 0 Å². The topological polar surface area (TPSA) is 90.6 Å². The van der Waals surface area contributed by atoms with Gasteiger partial charge in [0, 0.05) is 74.2 Å². The molecular formula is C29H39N7O2. The molecule has 2 aliphatic heterocycles. The number of carbonyl (C=O) groups is 1. The van der Waals surface area contributed by atoms with Gasteiger partial charge in [0.25, 0.3) is 0 Å². The molecule has 0 aliphatic carbocycles. The predicted octanol–water partition coefficient (Wildman–Crippen LogP) is 3.29. The molecule has 0 radical (unpaired) electrons. The Morgan fingerprint density at radius 1 is 0.974 bits per heavy atom. The lowest BCUT2D eigenvalue weighted by Crippen LogP contribution is -2.49. The minimum atomic E-state index is -0.642. The fourth-order valence-corrected chi connectivity index (χ4v) is 5.66. The van der Waals surface area contributed by atoms with Crippen LogP contribution in [0, 0.1) is 19.8 Å². The first-order valence-corrected chi connectivity index (χ1v) is 13.6. The molecule has 0 bridgehead atoms. The van der Waals surface area contributed by atoms with Crippen LogP contribution in [0.1, 0.15) is 38.1 Å². The highest BCUT2D eigenvalue weighted by molar-refractivity contribution is 5.79. The number of benzene rings is 1. The average Bonchev–Trinajstić information content (AvgIpc) is 3.24. The molecule has 0 unspecified atom stereocenters. The van der Waals surface area contributed by atoms with E-state index in [0.717, 1.165) is 73.2 Å². The van der Waals surface area contributed by atoms with Crippen molar-refractivity contribution in [2.45, 2.75) is 52.7 Å². The maximum Gasteiger partial charge on any atom is 0.244 e. The van der Waals surface area contributed by atoms with Gasteiger partial charge < -0.3 is 19.8 Å². The average molecular weight is 518 g/mol. The van der Waals surface area contributed by atoms with Crippen molar-refractivity contribution >= 4 is 17.5 Å². The first kappa shape index (κ1) is 26.2. The normalized spacial score (nSPS) is 17.2. The Balaban J connectivity index is 1.22. The van der Waals surface area contributed by atoms with Gasteiger partial charge >= 0.3 is 0 Å². The van der Waals surface area contributed by atoms with Gasteiger partial charge in [0.15, 0.2) is 0 Å². The lowest BCUT2D eigenvalue weighted by atomic mass is 9.83. The maximum atomic E-state index is 12.9. The highest BCUT2D eigenvalue weighted by Crippen LogP contribution is 2.32. The molecule has 0 atom stereocenters. The molecule has 5 rings (SSSR count). The summed E-state index contributed by atoms with van der Waals surface area (Å²) in [6, 6.07) is 10.3. The summed E-state index contributed by atoms with van der Waals surface area (Å²) in [6.45, 7) is 12.6. The van der Waals surface area contributed by atoms with Crippen LogP contribution in [0.5, 0.6) is 0 Å². The maximum absolute atomic E-state index is 12.9. The summed E-state index contributed by atoms with van der Waals surface area (Å²) in [6.07, 6.45) is 5.70. The Kier molecular flexibility index (Phi) is 7.38. The molecule has 202 valence electrons. The first-order chi connectivity index (χ1) is 18.2. The number of amides is 1. The molecule has 0 spiro atoms. The second-order valence-corrected chi connectivity index (χ2v) is 11.2. The number of aryl methyl sites for hydroxylation is 2. The number of nitrogens with zero attached hydrogens (tertiary/aromatic N) is 7. The van der Waals surface area contributed by atoms with Crippen LogP contribution in [0.15, 0.2) is 42.7 Å². The third-order valence-electron chi connectivity index (χ3n) is 7.99. The largest absolute Gasteiger partial charge is 0.390 e. The zero-order valence-corrected chi connectivity index (χ0v) is 23.0. The number of rotatable bonds is 6. The summed E-state index contributed by atoms with van der Waals surface area (Å²) < 4.78 is 1.79. The Morgan fingerprint density at radius 3 is 2.24 bits per heavy atom. The van der Waals surface area contributed by atoms with E-state index in [0.29, 0.717) is 19.0 Å². The van der Waals surface area contributed by atoms with E-state index in [9.17, 15) is 9.90 Å². The van der Waals surface area contributed by atoms with Crippen molar-refractivity contribution in [3.63, 3.8) is 0 Å². The smallest absolute Gasteiger partial charge is 0.244 e. The third-order valence-corrected chi connectivity index (χ3v) is 7.99. The number of carbonyl (C=O) groups excluding carboxylic acids is 1. The van der Waals surface area contributed by atoms with E-state index < -0.39 is 5.60 Å². The van der Waals surface area contributed by atoms with Crippen molar-refractivity contribution in [3.05, 3.63) is 54.1 Å². The Morgan fingerprint density at radius 2 is 1.63 bits per heavy atom. The van der Waals surface area contributed by atoms with Crippen LogP contribution >= 0.6 is 0 Å². The lowest BCUT2D eigenvalue weighted by Gasteiger charge is -2.38. The number of aliphatic hydroxyl groups is 1. The summed E-state index contributed by atoms with van der Waals surface area (Å²) in [4.78, 5) is 28.8. The van der Waals surface area contributed by atoms with Crippen molar-refractivity contribution in [3.8, 4) is 11.1 Å². The Hall–Kier alpha value is -3.46. The fourth-order valence-electron chi connectivity index (χ4n) is 5.66. The van der Waals surface area contributed by atoms with E-state index in [1.54, 1.807) is 4.68 Å². The number of piperidine rings is 1.